The highest BCUT2D eigenvalue weighted by atomic mass is 79.9. The van der Waals surface area contributed by atoms with Crippen LogP contribution in [0.3, 0.4) is 0 Å². The van der Waals surface area contributed by atoms with E-state index in [-0.39, 0.29) is 6.04 Å². The van der Waals surface area contributed by atoms with E-state index < -0.39 is 23.1 Å². The Hall–Kier alpha value is -0.970. The van der Waals surface area contributed by atoms with E-state index in [4.69, 9.17) is 0 Å². The lowest BCUT2D eigenvalue weighted by molar-refractivity contribution is 0.0692. The number of hydrogen-bond donors (Lipinski definition) is 0. The Morgan fingerprint density at radius 1 is 1.26 bits per heavy atom. The van der Waals surface area contributed by atoms with Gasteiger partial charge in [-0.2, -0.15) is 0 Å². The minimum Gasteiger partial charge on any atom is -0.335 e. The zero-order chi connectivity index (χ0) is 13.8. The Labute approximate surface area is 119 Å². The van der Waals surface area contributed by atoms with Gasteiger partial charge in [-0.3, -0.25) is 4.79 Å². The van der Waals surface area contributed by atoms with Gasteiger partial charge >= 0.3 is 0 Å². The first-order chi connectivity index (χ1) is 9.15. The number of halogens is 3. The minimum absolute atomic E-state index is 0.00834. The standard InChI is InChI=1S/C14H16BrF2NO/c15-9-10-5-2-1-3-8-18(10)14(19)13-11(16)6-4-7-12(13)17/h4,6-7,10H,1-3,5,8-9H2. The number of carbonyl (C=O) groups excluding carboxylic acids is 1. The van der Waals surface area contributed by atoms with Crippen molar-refractivity contribution in [1.82, 2.24) is 4.90 Å². The SMILES string of the molecule is O=C(c1c(F)cccc1F)N1CCCCCC1CBr. The number of benzene rings is 1. The summed E-state index contributed by atoms with van der Waals surface area (Å²) in [7, 11) is 0. The summed E-state index contributed by atoms with van der Waals surface area (Å²) in [6, 6.07) is 3.52. The molecule has 0 aromatic heterocycles. The molecule has 0 bridgehead atoms. The van der Waals surface area contributed by atoms with Crippen LogP contribution in [0.4, 0.5) is 8.78 Å². The molecule has 1 saturated heterocycles. The van der Waals surface area contributed by atoms with Gasteiger partial charge in [0.25, 0.3) is 5.91 Å². The Morgan fingerprint density at radius 3 is 2.58 bits per heavy atom. The quantitative estimate of drug-likeness (QED) is 0.756. The van der Waals surface area contributed by atoms with Gasteiger partial charge in [0.15, 0.2) is 0 Å². The number of carbonyl (C=O) groups is 1. The van der Waals surface area contributed by atoms with E-state index in [0.717, 1.165) is 37.8 Å². The van der Waals surface area contributed by atoms with Crippen LogP contribution in [0.2, 0.25) is 0 Å². The number of likely N-dealkylation sites (tertiary alicyclic amines) is 1. The van der Waals surface area contributed by atoms with Crippen LogP contribution in [-0.4, -0.2) is 28.7 Å². The monoisotopic (exact) mass is 331 g/mol. The average Bonchev–Trinajstić information content (AvgIpc) is 2.63. The molecule has 1 aromatic carbocycles. The molecule has 0 N–H and O–H groups in total. The molecule has 1 aromatic rings. The summed E-state index contributed by atoms with van der Waals surface area (Å²) in [4.78, 5) is 14.0. The Balaban J connectivity index is 2.30. The minimum atomic E-state index is -0.789. The molecule has 1 atom stereocenters. The van der Waals surface area contributed by atoms with Gasteiger partial charge in [-0.1, -0.05) is 34.8 Å². The van der Waals surface area contributed by atoms with Gasteiger partial charge in [0.05, 0.1) is 0 Å². The Morgan fingerprint density at radius 2 is 1.95 bits per heavy atom. The molecule has 5 heteroatoms. The molecule has 1 amide bonds. The van der Waals surface area contributed by atoms with E-state index in [0.29, 0.717) is 11.9 Å². The number of hydrogen-bond acceptors (Lipinski definition) is 1. The van der Waals surface area contributed by atoms with Crippen LogP contribution < -0.4 is 0 Å². The molecule has 1 heterocycles. The normalized spacial score (nSPS) is 20.2. The van der Waals surface area contributed by atoms with E-state index in [1.54, 1.807) is 4.90 Å². The molecule has 1 aliphatic rings. The van der Waals surface area contributed by atoms with E-state index in [9.17, 15) is 13.6 Å². The molecule has 19 heavy (non-hydrogen) atoms. The van der Waals surface area contributed by atoms with Gasteiger partial charge < -0.3 is 4.90 Å². The van der Waals surface area contributed by atoms with Gasteiger partial charge in [0.1, 0.15) is 17.2 Å². The van der Waals surface area contributed by atoms with Crippen LogP contribution in [0.5, 0.6) is 0 Å². The molecule has 0 radical (unpaired) electrons. The predicted molar refractivity (Wildman–Crippen MR) is 73.4 cm³/mol. The number of amides is 1. The predicted octanol–water partition coefficient (Wildman–Crippen LogP) is 3.74. The molecule has 2 rings (SSSR count). The molecule has 2 nitrogen and oxygen atoms in total. The van der Waals surface area contributed by atoms with Gasteiger partial charge in [0, 0.05) is 17.9 Å². The highest BCUT2D eigenvalue weighted by Gasteiger charge is 2.29. The number of alkyl halides is 1. The van der Waals surface area contributed by atoms with Crippen LogP contribution in [0, 0.1) is 11.6 Å². The largest absolute Gasteiger partial charge is 0.335 e. The maximum absolute atomic E-state index is 13.7. The highest BCUT2D eigenvalue weighted by molar-refractivity contribution is 9.09. The van der Waals surface area contributed by atoms with Crippen LogP contribution in [-0.2, 0) is 0 Å². The van der Waals surface area contributed by atoms with Crippen molar-refractivity contribution in [1.29, 1.82) is 0 Å². The van der Waals surface area contributed by atoms with Gasteiger partial charge in [-0.15, -0.1) is 0 Å². The second-order valence-corrected chi connectivity index (χ2v) is 5.40. The third-order valence-corrected chi connectivity index (χ3v) is 4.24. The van der Waals surface area contributed by atoms with Crippen molar-refractivity contribution in [2.45, 2.75) is 31.7 Å². The lowest BCUT2D eigenvalue weighted by atomic mass is 10.1. The summed E-state index contributed by atoms with van der Waals surface area (Å²) in [6.45, 7) is 0.558. The summed E-state index contributed by atoms with van der Waals surface area (Å²) >= 11 is 3.38. The lowest BCUT2D eigenvalue weighted by Crippen LogP contribution is -2.41. The zero-order valence-corrected chi connectivity index (χ0v) is 12.1. The van der Waals surface area contributed by atoms with Gasteiger partial charge in [-0.05, 0) is 25.0 Å². The van der Waals surface area contributed by atoms with E-state index in [2.05, 4.69) is 15.9 Å². The summed E-state index contributed by atoms with van der Waals surface area (Å²) in [5.41, 5.74) is -0.435. The summed E-state index contributed by atoms with van der Waals surface area (Å²) in [5, 5.41) is 0.634. The van der Waals surface area contributed by atoms with Crippen LogP contribution in [0.1, 0.15) is 36.0 Å². The fourth-order valence-corrected chi connectivity index (χ4v) is 3.12. The summed E-state index contributed by atoms with van der Waals surface area (Å²) in [6.07, 6.45) is 3.84. The van der Waals surface area contributed by atoms with E-state index >= 15 is 0 Å². The molecule has 0 aliphatic carbocycles. The van der Waals surface area contributed by atoms with Crippen molar-refractivity contribution in [2.75, 3.05) is 11.9 Å². The number of rotatable bonds is 2. The average molecular weight is 332 g/mol. The highest BCUT2D eigenvalue weighted by Crippen LogP contribution is 2.23. The van der Waals surface area contributed by atoms with Gasteiger partial charge in [0.2, 0.25) is 0 Å². The smallest absolute Gasteiger partial charge is 0.260 e. The zero-order valence-electron chi connectivity index (χ0n) is 10.5. The van der Waals surface area contributed by atoms with Gasteiger partial charge in [-0.25, -0.2) is 8.78 Å². The Bertz CT molecular complexity index is 447. The molecule has 104 valence electrons. The van der Waals surface area contributed by atoms with Crippen LogP contribution in [0.25, 0.3) is 0 Å². The van der Waals surface area contributed by atoms with Crippen molar-refractivity contribution in [3.8, 4) is 0 Å². The lowest BCUT2D eigenvalue weighted by Gasteiger charge is -2.29. The first kappa shape index (κ1) is 14.4. The molecule has 1 aliphatic heterocycles. The first-order valence-electron chi connectivity index (χ1n) is 6.46. The topological polar surface area (TPSA) is 20.3 Å². The molecule has 0 spiro atoms. The summed E-state index contributed by atoms with van der Waals surface area (Å²) < 4.78 is 27.4. The van der Waals surface area contributed by atoms with E-state index in [1.807, 2.05) is 0 Å². The third kappa shape index (κ3) is 3.14. The van der Waals surface area contributed by atoms with Crippen molar-refractivity contribution < 1.29 is 13.6 Å². The first-order valence-corrected chi connectivity index (χ1v) is 7.58. The third-order valence-electron chi connectivity index (χ3n) is 3.49. The van der Waals surface area contributed by atoms with E-state index in [1.165, 1.54) is 6.07 Å². The van der Waals surface area contributed by atoms with Crippen molar-refractivity contribution in [3.63, 3.8) is 0 Å². The van der Waals surface area contributed by atoms with Crippen molar-refractivity contribution in [3.05, 3.63) is 35.4 Å². The second kappa shape index (κ2) is 6.46. The molecular weight excluding hydrogens is 316 g/mol. The maximum atomic E-state index is 13.7. The Kier molecular flexibility index (Phi) is 4.91. The summed E-state index contributed by atoms with van der Waals surface area (Å²) in [5.74, 6) is -2.12. The molecule has 0 saturated carbocycles. The second-order valence-electron chi connectivity index (χ2n) is 4.75. The maximum Gasteiger partial charge on any atom is 0.260 e. The number of nitrogens with zero attached hydrogens (tertiary/aromatic N) is 1. The molecule has 1 unspecified atom stereocenters. The van der Waals surface area contributed by atoms with Crippen molar-refractivity contribution >= 4 is 21.8 Å². The fourth-order valence-electron chi connectivity index (χ4n) is 2.45. The molecule has 1 fully saturated rings. The van der Waals surface area contributed by atoms with Crippen molar-refractivity contribution in [2.24, 2.45) is 0 Å². The van der Waals surface area contributed by atoms with Crippen LogP contribution >= 0.6 is 15.9 Å². The molecular formula is C14H16BrF2NO. The fraction of sp³-hybridized carbons (Fsp3) is 0.500. The van der Waals surface area contributed by atoms with Crippen LogP contribution in [0.15, 0.2) is 18.2 Å².